The van der Waals surface area contributed by atoms with E-state index in [4.69, 9.17) is 0 Å². The van der Waals surface area contributed by atoms with Gasteiger partial charge in [-0.3, -0.25) is 0 Å². The number of rotatable bonds is 2. The largest absolute Gasteiger partial charge is 0.368 e. The van der Waals surface area contributed by atoms with Crippen molar-refractivity contribution in [3.05, 3.63) is 28.2 Å². The molecule has 3 rings (SSSR count). The van der Waals surface area contributed by atoms with Gasteiger partial charge >= 0.3 is 0 Å². The fraction of sp³-hybridized carbons (Fsp3) is 0.571. The molecule has 3 heteroatoms. The van der Waals surface area contributed by atoms with Crippen LogP contribution in [-0.2, 0) is 0 Å². The molecule has 1 heterocycles. The summed E-state index contributed by atoms with van der Waals surface area (Å²) < 4.78 is 1.22. The minimum Gasteiger partial charge on any atom is -0.368 e. The lowest BCUT2D eigenvalue weighted by Gasteiger charge is -2.36. The standard InChI is InChI=1S/C14H19BrN2/c1-10-2-5-12(15)14(8-10)17-7-6-16-13(9-17)11-3-4-11/h2,5,8,11,13,16H,3-4,6-7,9H2,1H3. The molecule has 1 N–H and O–H groups in total. The molecule has 1 aliphatic heterocycles. The monoisotopic (exact) mass is 294 g/mol. The van der Waals surface area contributed by atoms with Crippen LogP contribution in [0.15, 0.2) is 22.7 Å². The first-order chi connectivity index (χ1) is 8.24. The Morgan fingerprint density at radius 1 is 1.35 bits per heavy atom. The maximum absolute atomic E-state index is 3.68. The number of nitrogens with one attached hydrogen (secondary N) is 1. The van der Waals surface area contributed by atoms with Gasteiger partial charge in [0.05, 0.1) is 5.69 Å². The molecular formula is C14H19BrN2. The van der Waals surface area contributed by atoms with E-state index in [9.17, 15) is 0 Å². The van der Waals surface area contributed by atoms with Crippen LogP contribution in [0.2, 0.25) is 0 Å². The molecule has 1 saturated heterocycles. The molecule has 1 unspecified atom stereocenters. The summed E-state index contributed by atoms with van der Waals surface area (Å²) in [4.78, 5) is 2.52. The average molecular weight is 295 g/mol. The van der Waals surface area contributed by atoms with Crippen molar-refractivity contribution in [2.75, 3.05) is 24.5 Å². The van der Waals surface area contributed by atoms with Gasteiger partial charge in [0, 0.05) is 30.1 Å². The number of hydrogen-bond acceptors (Lipinski definition) is 2. The summed E-state index contributed by atoms with van der Waals surface area (Å²) >= 11 is 3.68. The lowest BCUT2D eigenvalue weighted by atomic mass is 10.1. The van der Waals surface area contributed by atoms with E-state index >= 15 is 0 Å². The van der Waals surface area contributed by atoms with Crippen LogP contribution < -0.4 is 10.2 Å². The molecule has 0 amide bonds. The molecule has 1 aromatic rings. The fourth-order valence-corrected chi connectivity index (χ4v) is 3.17. The molecule has 92 valence electrons. The summed E-state index contributed by atoms with van der Waals surface area (Å²) in [5.41, 5.74) is 2.70. The van der Waals surface area contributed by atoms with Crippen LogP contribution in [0.3, 0.4) is 0 Å². The van der Waals surface area contributed by atoms with E-state index in [1.54, 1.807) is 0 Å². The van der Waals surface area contributed by atoms with Crippen molar-refractivity contribution in [3.8, 4) is 0 Å². The summed E-state index contributed by atoms with van der Waals surface area (Å²) in [7, 11) is 0. The van der Waals surface area contributed by atoms with Gasteiger partial charge < -0.3 is 10.2 Å². The number of nitrogens with zero attached hydrogens (tertiary/aromatic N) is 1. The zero-order valence-electron chi connectivity index (χ0n) is 10.2. The Balaban J connectivity index is 1.79. The Morgan fingerprint density at radius 2 is 2.18 bits per heavy atom. The van der Waals surface area contributed by atoms with Crippen molar-refractivity contribution >= 4 is 21.6 Å². The number of anilines is 1. The molecule has 1 saturated carbocycles. The third-order valence-corrected chi connectivity index (χ3v) is 4.51. The Bertz CT molecular complexity index is 415. The molecule has 2 fully saturated rings. The molecule has 1 aliphatic carbocycles. The number of benzene rings is 1. The van der Waals surface area contributed by atoms with Crippen LogP contribution in [0.5, 0.6) is 0 Å². The summed E-state index contributed by atoms with van der Waals surface area (Å²) in [5.74, 6) is 0.932. The minimum atomic E-state index is 0.705. The van der Waals surface area contributed by atoms with Crippen LogP contribution in [0.25, 0.3) is 0 Å². The maximum Gasteiger partial charge on any atom is 0.0514 e. The highest BCUT2D eigenvalue weighted by molar-refractivity contribution is 9.10. The molecular weight excluding hydrogens is 276 g/mol. The summed E-state index contributed by atoms with van der Waals surface area (Å²) in [6, 6.07) is 7.32. The maximum atomic E-state index is 3.68. The summed E-state index contributed by atoms with van der Waals surface area (Å²) in [6.07, 6.45) is 2.83. The zero-order valence-corrected chi connectivity index (χ0v) is 11.8. The van der Waals surface area contributed by atoms with Crippen molar-refractivity contribution in [2.24, 2.45) is 5.92 Å². The minimum absolute atomic E-state index is 0.705. The highest BCUT2D eigenvalue weighted by atomic mass is 79.9. The van der Waals surface area contributed by atoms with E-state index in [0.29, 0.717) is 6.04 Å². The van der Waals surface area contributed by atoms with Crippen LogP contribution in [-0.4, -0.2) is 25.7 Å². The SMILES string of the molecule is Cc1ccc(Br)c(N2CCNC(C3CC3)C2)c1. The fourth-order valence-electron chi connectivity index (χ4n) is 2.68. The Morgan fingerprint density at radius 3 is 2.94 bits per heavy atom. The van der Waals surface area contributed by atoms with E-state index < -0.39 is 0 Å². The normalized spacial score (nSPS) is 25.1. The van der Waals surface area contributed by atoms with Crippen molar-refractivity contribution in [1.29, 1.82) is 0 Å². The van der Waals surface area contributed by atoms with Gasteiger partial charge in [-0.15, -0.1) is 0 Å². The number of piperazine rings is 1. The number of aryl methyl sites for hydroxylation is 1. The van der Waals surface area contributed by atoms with Crippen LogP contribution in [0.4, 0.5) is 5.69 Å². The van der Waals surface area contributed by atoms with E-state index in [0.717, 1.165) is 25.6 Å². The predicted molar refractivity (Wildman–Crippen MR) is 75.6 cm³/mol. The third kappa shape index (κ3) is 2.50. The van der Waals surface area contributed by atoms with Crippen LogP contribution >= 0.6 is 15.9 Å². The predicted octanol–water partition coefficient (Wildman–Crippen LogP) is 2.95. The molecule has 17 heavy (non-hydrogen) atoms. The van der Waals surface area contributed by atoms with E-state index in [-0.39, 0.29) is 0 Å². The molecule has 1 atom stereocenters. The van der Waals surface area contributed by atoms with Crippen molar-refractivity contribution in [1.82, 2.24) is 5.32 Å². The van der Waals surface area contributed by atoms with Gasteiger partial charge in [-0.1, -0.05) is 6.07 Å². The van der Waals surface area contributed by atoms with Gasteiger partial charge in [-0.25, -0.2) is 0 Å². The lowest BCUT2D eigenvalue weighted by molar-refractivity contribution is 0.418. The topological polar surface area (TPSA) is 15.3 Å². The Kier molecular flexibility index (Phi) is 3.14. The van der Waals surface area contributed by atoms with Gasteiger partial charge in [0.15, 0.2) is 0 Å². The first-order valence-electron chi connectivity index (χ1n) is 6.48. The first-order valence-corrected chi connectivity index (χ1v) is 7.28. The van der Waals surface area contributed by atoms with Gasteiger partial charge in [0.2, 0.25) is 0 Å². The molecule has 2 nitrogen and oxygen atoms in total. The summed E-state index contributed by atoms with van der Waals surface area (Å²) in [5, 5.41) is 3.66. The smallest absolute Gasteiger partial charge is 0.0514 e. The third-order valence-electron chi connectivity index (χ3n) is 3.84. The zero-order chi connectivity index (χ0) is 11.8. The highest BCUT2D eigenvalue weighted by Gasteiger charge is 2.34. The molecule has 0 bridgehead atoms. The quantitative estimate of drug-likeness (QED) is 0.902. The second kappa shape index (κ2) is 4.62. The van der Waals surface area contributed by atoms with Gasteiger partial charge in [0.25, 0.3) is 0 Å². The molecule has 0 radical (unpaired) electrons. The van der Waals surface area contributed by atoms with Gasteiger partial charge in [0.1, 0.15) is 0 Å². The van der Waals surface area contributed by atoms with Crippen molar-refractivity contribution < 1.29 is 0 Å². The molecule has 1 aromatic carbocycles. The first kappa shape index (κ1) is 11.5. The average Bonchev–Trinajstić information content (AvgIpc) is 3.17. The molecule has 0 spiro atoms. The van der Waals surface area contributed by atoms with Gasteiger partial charge in [-0.05, 0) is 59.3 Å². The Labute approximate surface area is 112 Å². The van der Waals surface area contributed by atoms with Gasteiger partial charge in [-0.2, -0.15) is 0 Å². The number of hydrogen-bond donors (Lipinski definition) is 1. The Hall–Kier alpha value is -0.540. The van der Waals surface area contributed by atoms with E-state index in [1.807, 2.05) is 0 Å². The molecule has 0 aromatic heterocycles. The highest BCUT2D eigenvalue weighted by Crippen LogP contribution is 2.35. The van der Waals surface area contributed by atoms with Crippen molar-refractivity contribution in [3.63, 3.8) is 0 Å². The van der Waals surface area contributed by atoms with Crippen molar-refractivity contribution in [2.45, 2.75) is 25.8 Å². The number of halogens is 1. The van der Waals surface area contributed by atoms with E-state index in [1.165, 1.54) is 28.6 Å². The van der Waals surface area contributed by atoms with Crippen LogP contribution in [0, 0.1) is 12.8 Å². The van der Waals surface area contributed by atoms with Crippen LogP contribution in [0.1, 0.15) is 18.4 Å². The lowest BCUT2D eigenvalue weighted by Crippen LogP contribution is -2.51. The second-order valence-electron chi connectivity index (χ2n) is 5.30. The van der Waals surface area contributed by atoms with E-state index in [2.05, 4.69) is 51.3 Å². The summed E-state index contributed by atoms with van der Waals surface area (Å²) in [6.45, 7) is 5.55. The molecule has 2 aliphatic rings. The second-order valence-corrected chi connectivity index (χ2v) is 6.15.